The van der Waals surface area contributed by atoms with Gasteiger partial charge in [0.05, 0.1) is 21.2 Å². The van der Waals surface area contributed by atoms with Crippen LogP contribution >= 0.6 is 0 Å². The molecule has 94 valence electrons. The van der Waals surface area contributed by atoms with Crippen LogP contribution in [-0.4, -0.2) is 35.7 Å². The summed E-state index contributed by atoms with van der Waals surface area (Å²) in [6.45, 7) is 0. The summed E-state index contributed by atoms with van der Waals surface area (Å²) in [7, 11) is 9.33. The number of aryl methyl sites for hydroxylation is 2. The van der Waals surface area contributed by atoms with Crippen LogP contribution in [0.2, 0.25) is 0 Å². The van der Waals surface area contributed by atoms with Crippen molar-refractivity contribution in [1.82, 2.24) is 14.5 Å². The number of aromatic nitrogens is 4. The van der Waals surface area contributed by atoms with Crippen LogP contribution in [0.25, 0.3) is 11.2 Å². The second-order valence-electron chi connectivity index (χ2n) is 3.94. The molecule has 2 heterocycles. The van der Waals surface area contributed by atoms with Crippen LogP contribution in [-0.2, 0) is 14.1 Å². The average molecular weight is 258 g/mol. The number of fused-ring (bicyclic) bond motifs is 1. The molecule has 0 aliphatic heterocycles. The summed E-state index contributed by atoms with van der Waals surface area (Å²) in [6.07, 6.45) is 1.95. The van der Waals surface area contributed by atoms with Crippen molar-refractivity contribution in [2.75, 3.05) is 26.1 Å². The summed E-state index contributed by atoms with van der Waals surface area (Å²) >= 11 is 0. The summed E-state index contributed by atoms with van der Waals surface area (Å²) in [5.41, 5.74) is 1.76. The molecule has 2 rings (SSSR count). The number of imidazole rings is 1. The Balaban J connectivity index is 0.00000144. The van der Waals surface area contributed by atoms with Gasteiger partial charge in [0.1, 0.15) is 0 Å². The molecule has 0 aliphatic carbocycles. The van der Waals surface area contributed by atoms with E-state index in [9.17, 15) is 0 Å². The van der Waals surface area contributed by atoms with Gasteiger partial charge in [-0.3, -0.25) is 4.57 Å². The molecule has 7 heteroatoms. The first-order valence-electron chi connectivity index (χ1n) is 4.98. The first kappa shape index (κ1) is 13.5. The van der Waals surface area contributed by atoms with Gasteiger partial charge >= 0.3 is 11.6 Å². The zero-order chi connectivity index (χ0) is 11.9. The maximum absolute atomic E-state index is 5.30. The molecule has 17 heavy (non-hydrogen) atoms. The highest BCUT2D eigenvalue weighted by molar-refractivity contribution is 5.75. The molecule has 0 radical (unpaired) electrons. The standard InChI is InChI=1S/C10H16N5O.ClH/c1-13(2)10-11-8-7(9(12-10)16-5)14(3)6-15(8)4;/h6H,1-5H3;1H/q+1;/p-1. The highest BCUT2D eigenvalue weighted by Gasteiger charge is 2.21. The molecule has 0 aromatic carbocycles. The van der Waals surface area contributed by atoms with Gasteiger partial charge in [-0.15, -0.1) is 0 Å². The molecule has 0 aliphatic rings. The van der Waals surface area contributed by atoms with Crippen LogP contribution < -0.4 is 26.6 Å². The molecule has 0 unspecified atom stereocenters. The van der Waals surface area contributed by atoms with Crippen molar-refractivity contribution in [1.29, 1.82) is 0 Å². The van der Waals surface area contributed by atoms with E-state index in [0.29, 0.717) is 11.8 Å². The van der Waals surface area contributed by atoms with Crippen LogP contribution in [0.5, 0.6) is 5.88 Å². The molecule has 0 N–H and O–H groups in total. The predicted octanol–water partition coefficient (Wildman–Crippen LogP) is -3.13. The maximum Gasteiger partial charge on any atom is 0.311 e. The van der Waals surface area contributed by atoms with Gasteiger partial charge in [0, 0.05) is 14.1 Å². The topological polar surface area (TPSA) is 47.1 Å². The Morgan fingerprint density at radius 2 is 2.00 bits per heavy atom. The van der Waals surface area contributed by atoms with Crippen molar-refractivity contribution in [2.24, 2.45) is 14.1 Å². The first-order chi connectivity index (χ1) is 7.54. The zero-order valence-electron chi connectivity index (χ0n) is 10.6. The number of anilines is 1. The molecular weight excluding hydrogens is 242 g/mol. The lowest BCUT2D eigenvalue weighted by Crippen LogP contribution is -3.00. The summed E-state index contributed by atoms with van der Waals surface area (Å²) < 4.78 is 9.20. The van der Waals surface area contributed by atoms with Gasteiger partial charge in [0.15, 0.2) is 6.33 Å². The molecule has 6 nitrogen and oxygen atoms in total. The van der Waals surface area contributed by atoms with Crippen LogP contribution in [0.3, 0.4) is 0 Å². The Hall–Kier alpha value is -1.56. The Kier molecular flexibility index (Phi) is 3.77. The molecule has 0 spiro atoms. The fraction of sp³-hybridized carbons (Fsp3) is 0.500. The minimum atomic E-state index is 0. The number of nitrogens with zero attached hydrogens (tertiary/aromatic N) is 5. The Morgan fingerprint density at radius 3 is 2.53 bits per heavy atom. The highest BCUT2D eigenvalue weighted by atomic mass is 35.5. The van der Waals surface area contributed by atoms with E-state index in [1.54, 1.807) is 7.11 Å². The minimum absolute atomic E-state index is 0. The maximum atomic E-state index is 5.30. The van der Waals surface area contributed by atoms with E-state index in [4.69, 9.17) is 4.74 Å². The number of halogens is 1. The number of hydrogen-bond acceptors (Lipinski definition) is 4. The normalized spacial score (nSPS) is 10.2. The molecule has 0 bridgehead atoms. The van der Waals surface area contributed by atoms with Crippen LogP contribution in [0.1, 0.15) is 0 Å². The van der Waals surface area contributed by atoms with Gasteiger partial charge in [0.2, 0.25) is 5.52 Å². The van der Waals surface area contributed by atoms with E-state index in [-0.39, 0.29) is 12.4 Å². The van der Waals surface area contributed by atoms with E-state index in [0.717, 1.165) is 11.2 Å². The molecule has 0 atom stereocenters. The van der Waals surface area contributed by atoms with Crippen LogP contribution in [0.4, 0.5) is 5.95 Å². The van der Waals surface area contributed by atoms with Crippen molar-refractivity contribution in [3.63, 3.8) is 0 Å². The van der Waals surface area contributed by atoms with E-state index in [1.807, 2.05) is 48.6 Å². The van der Waals surface area contributed by atoms with Crippen LogP contribution in [0.15, 0.2) is 6.33 Å². The number of methoxy groups -OCH3 is 1. The number of ether oxygens (including phenoxy) is 1. The Labute approximate surface area is 106 Å². The molecule has 0 saturated heterocycles. The van der Waals surface area contributed by atoms with E-state index in [2.05, 4.69) is 9.97 Å². The summed E-state index contributed by atoms with van der Waals surface area (Å²) in [4.78, 5) is 10.7. The van der Waals surface area contributed by atoms with Crippen LogP contribution in [0, 0.1) is 0 Å². The summed E-state index contributed by atoms with van der Waals surface area (Å²) in [6, 6.07) is 0. The largest absolute Gasteiger partial charge is 1.00 e. The fourth-order valence-corrected chi connectivity index (χ4v) is 1.68. The molecule has 0 fully saturated rings. The van der Waals surface area contributed by atoms with Crippen molar-refractivity contribution in [3.05, 3.63) is 6.33 Å². The van der Waals surface area contributed by atoms with Crippen molar-refractivity contribution < 1.29 is 21.7 Å². The lowest BCUT2D eigenvalue weighted by molar-refractivity contribution is -0.647. The lowest BCUT2D eigenvalue weighted by atomic mass is 10.5. The number of rotatable bonds is 2. The Morgan fingerprint density at radius 1 is 1.35 bits per heavy atom. The lowest BCUT2D eigenvalue weighted by Gasteiger charge is -2.07. The second-order valence-corrected chi connectivity index (χ2v) is 3.94. The van der Waals surface area contributed by atoms with Gasteiger partial charge < -0.3 is 22.0 Å². The highest BCUT2D eigenvalue weighted by Crippen LogP contribution is 2.21. The fourth-order valence-electron chi connectivity index (χ4n) is 1.68. The molecule has 2 aromatic rings. The number of hydrogen-bond donors (Lipinski definition) is 0. The zero-order valence-corrected chi connectivity index (χ0v) is 11.4. The SMILES string of the molecule is COc1nc(N(C)C)nc2c1n(C)c[n+]2C.[Cl-]. The predicted molar refractivity (Wildman–Crippen MR) is 60.6 cm³/mol. The van der Waals surface area contributed by atoms with Gasteiger partial charge in [-0.05, 0) is 0 Å². The van der Waals surface area contributed by atoms with E-state index < -0.39 is 0 Å². The quantitative estimate of drug-likeness (QED) is 0.534. The smallest absolute Gasteiger partial charge is 0.311 e. The summed E-state index contributed by atoms with van der Waals surface area (Å²) in [5.74, 6) is 1.24. The average Bonchev–Trinajstić information content (AvgIpc) is 2.53. The van der Waals surface area contributed by atoms with Crippen molar-refractivity contribution in [3.8, 4) is 5.88 Å². The first-order valence-corrected chi connectivity index (χ1v) is 4.98. The van der Waals surface area contributed by atoms with Gasteiger partial charge in [-0.2, -0.15) is 4.98 Å². The van der Waals surface area contributed by atoms with E-state index >= 15 is 0 Å². The third-order valence-corrected chi connectivity index (χ3v) is 2.45. The van der Waals surface area contributed by atoms with Gasteiger partial charge in [-0.1, -0.05) is 4.98 Å². The monoisotopic (exact) mass is 257 g/mol. The van der Waals surface area contributed by atoms with Gasteiger partial charge in [-0.25, -0.2) is 4.57 Å². The van der Waals surface area contributed by atoms with E-state index in [1.165, 1.54) is 0 Å². The Bertz CT molecular complexity index is 537. The van der Waals surface area contributed by atoms with Crippen molar-refractivity contribution in [2.45, 2.75) is 0 Å². The third kappa shape index (κ3) is 2.12. The third-order valence-electron chi connectivity index (χ3n) is 2.45. The minimum Gasteiger partial charge on any atom is -1.00 e. The molecule has 0 saturated carbocycles. The van der Waals surface area contributed by atoms with Crippen molar-refractivity contribution >= 4 is 17.1 Å². The molecule has 2 aromatic heterocycles. The second kappa shape index (κ2) is 4.75. The molecule has 0 amide bonds. The summed E-state index contributed by atoms with van der Waals surface area (Å²) in [5, 5.41) is 0. The van der Waals surface area contributed by atoms with Gasteiger partial charge in [0.25, 0.3) is 5.88 Å². The molecular formula is C10H16ClN5O.